The fourth-order valence-corrected chi connectivity index (χ4v) is 2.32. The van der Waals surface area contributed by atoms with Gasteiger partial charge in [-0.2, -0.15) is 0 Å². The van der Waals surface area contributed by atoms with E-state index < -0.39 is 0 Å². The zero-order valence-electron chi connectivity index (χ0n) is 14.8. The van der Waals surface area contributed by atoms with Crippen LogP contribution in [-0.2, 0) is 13.1 Å². The Morgan fingerprint density at radius 3 is 2.56 bits per heavy atom. The number of hydrogen-bond acceptors (Lipinski definition) is 3. The van der Waals surface area contributed by atoms with Crippen LogP contribution in [0.3, 0.4) is 0 Å². The van der Waals surface area contributed by atoms with Gasteiger partial charge in [-0.1, -0.05) is 35.9 Å². The first-order valence-corrected chi connectivity index (χ1v) is 8.36. The second-order valence-corrected chi connectivity index (χ2v) is 5.93. The third kappa shape index (κ3) is 7.07. The maximum absolute atomic E-state index is 6.18. The number of aromatic nitrogens is 1. The Morgan fingerprint density at radius 1 is 1.12 bits per heavy atom. The van der Waals surface area contributed by atoms with E-state index in [1.54, 1.807) is 0 Å². The van der Waals surface area contributed by atoms with Gasteiger partial charge in [-0.3, -0.25) is 0 Å². The molecular weight excluding hydrogens is 449 g/mol. The Balaban J connectivity index is 0.00000312. The van der Waals surface area contributed by atoms with E-state index in [0.717, 1.165) is 34.6 Å². The summed E-state index contributed by atoms with van der Waals surface area (Å²) in [5.41, 5.74) is 1.97. The van der Waals surface area contributed by atoms with Crippen molar-refractivity contribution in [2.75, 3.05) is 25.5 Å². The Hall–Kier alpha value is -1.54. The monoisotopic (exact) mass is 473 g/mol. The lowest BCUT2D eigenvalue weighted by Crippen LogP contribution is -2.37. The van der Waals surface area contributed by atoms with Crippen molar-refractivity contribution >= 4 is 47.4 Å². The third-order valence-electron chi connectivity index (χ3n) is 3.40. The van der Waals surface area contributed by atoms with Gasteiger partial charge in [0.05, 0.1) is 18.8 Å². The molecule has 1 heterocycles. The number of guanidine groups is 1. The average molecular weight is 474 g/mol. The molecule has 0 unspecified atom stereocenters. The highest BCUT2D eigenvalue weighted by Crippen LogP contribution is 2.15. The lowest BCUT2D eigenvalue weighted by atomic mass is 10.2. The second-order valence-electron chi connectivity index (χ2n) is 5.52. The number of nitrogens with one attached hydrogen (secondary N) is 2. The average Bonchev–Trinajstić information content (AvgIpc) is 2.59. The van der Waals surface area contributed by atoms with Crippen LogP contribution in [0.4, 0.5) is 5.82 Å². The Labute approximate surface area is 171 Å². The number of halogens is 2. The minimum Gasteiger partial charge on any atom is -0.363 e. The molecule has 0 amide bonds. The van der Waals surface area contributed by atoms with Crippen LogP contribution in [0.5, 0.6) is 0 Å². The van der Waals surface area contributed by atoms with Gasteiger partial charge >= 0.3 is 0 Å². The Morgan fingerprint density at radius 2 is 1.88 bits per heavy atom. The first-order chi connectivity index (χ1) is 11.6. The molecule has 25 heavy (non-hydrogen) atoms. The van der Waals surface area contributed by atoms with Crippen molar-refractivity contribution in [1.29, 1.82) is 0 Å². The molecule has 0 fully saturated rings. The number of rotatable bonds is 6. The van der Waals surface area contributed by atoms with Crippen LogP contribution in [0.1, 0.15) is 18.2 Å². The Bertz CT molecular complexity index is 691. The summed E-state index contributed by atoms with van der Waals surface area (Å²) in [6, 6.07) is 13.7. The maximum atomic E-state index is 6.18. The lowest BCUT2D eigenvalue weighted by Gasteiger charge is -2.14. The minimum absolute atomic E-state index is 0. The molecule has 2 rings (SSSR count). The number of aliphatic imine (C=N–C) groups is 1. The van der Waals surface area contributed by atoms with Crippen molar-refractivity contribution in [3.05, 3.63) is 58.7 Å². The van der Waals surface area contributed by atoms with Crippen molar-refractivity contribution in [3.63, 3.8) is 0 Å². The van der Waals surface area contributed by atoms with Gasteiger partial charge in [0.1, 0.15) is 5.82 Å². The molecule has 1 aromatic heterocycles. The molecule has 0 aliphatic heterocycles. The summed E-state index contributed by atoms with van der Waals surface area (Å²) in [5.74, 6) is 1.68. The van der Waals surface area contributed by atoms with E-state index in [1.807, 2.05) is 68.4 Å². The van der Waals surface area contributed by atoms with Gasteiger partial charge in [0.2, 0.25) is 0 Å². The van der Waals surface area contributed by atoms with Crippen LogP contribution in [0.2, 0.25) is 5.02 Å². The van der Waals surface area contributed by atoms with Crippen LogP contribution in [0.15, 0.2) is 47.5 Å². The highest BCUT2D eigenvalue weighted by Gasteiger charge is 2.03. The van der Waals surface area contributed by atoms with Crippen LogP contribution in [0.25, 0.3) is 0 Å². The molecule has 0 spiro atoms. The van der Waals surface area contributed by atoms with Crippen molar-refractivity contribution in [2.24, 2.45) is 4.99 Å². The number of benzene rings is 1. The zero-order valence-corrected chi connectivity index (χ0v) is 17.9. The summed E-state index contributed by atoms with van der Waals surface area (Å²) in [6.45, 7) is 3.97. The molecular formula is C18H25ClIN5. The summed E-state index contributed by atoms with van der Waals surface area (Å²) in [7, 11) is 3.96. The predicted molar refractivity (Wildman–Crippen MR) is 117 cm³/mol. The van der Waals surface area contributed by atoms with Crippen LogP contribution >= 0.6 is 35.6 Å². The van der Waals surface area contributed by atoms with Gasteiger partial charge in [0.15, 0.2) is 5.96 Å². The molecule has 0 aliphatic carbocycles. The summed E-state index contributed by atoms with van der Waals surface area (Å²) in [5, 5.41) is 7.28. The SMILES string of the molecule is CCNC(=NCc1ccccc1Cl)NCc1cccc(N(C)C)n1.I. The molecule has 0 saturated heterocycles. The number of pyridine rings is 1. The van der Waals surface area contributed by atoms with E-state index >= 15 is 0 Å². The van der Waals surface area contributed by atoms with Gasteiger partial charge in [0.25, 0.3) is 0 Å². The van der Waals surface area contributed by atoms with Crippen LogP contribution in [-0.4, -0.2) is 31.6 Å². The normalized spacial score (nSPS) is 10.8. The lowest BCUT2D eigenvalue weighted by molar-refractivity contribution is 0.798. The van der Waals surface area contributed by atoms with Crippen LogP contribution < -0.4 is 15.5 Å². The number of anilines is 1. The molecule has 2 N–H and O–H groups in total. The van der Waals surface area contributed by atoms with E-state index in [-0.39, 0.29) is 24.0 Å². The first kappa shape index (κ1) is 21.5. The molecule has 7 heteroatoms. The molecule has 0 radical (unpaired) electrons. The van der Waals surface area contributed by atoms with Crippen molar-refractivity contribution in [3.8, 4) is 0 Å². The zero-order chi connectivity index (χ0) is 17.4. The molecule has 0 atom stereocenters. The fourth-order valence-electron chi connectivity index (χ4n) is 2.12. The van der Waals surface area contributed by atoms with Crippen LogP contribution in [0, 0.1) is 0 Å². The summed E-state index contributed by atoms with van der Waals surface area (Å²) in [4.78, 5) is 11.2. The van der Waals surface area contributed by atoms with Gasteiger partial charge in [-0.05, 0) is 30.7 Å². The largest absolute Gasteiger partial charge is 0.363 e. The molecule has 5 nitrogen and oxygen atoms in total. The molecule has 136 valence electrons. The molecule has 1 aromatic carbocycles. The fraction of sp³-hybridized carbons (Fsp3) is 0.333. The maximum Gasteiger partial charge on any atom is 0.191 e. The predicted octanol–water partition coefficient (Wildman–Crippen LogP) is 3.67. The molecule has 0 bridgehead atoms. The molecule has 0 saturated carbocycles. The minimum atomic E-state index is 0. The van der Waals surface area contributed by atoms with Crippen molar-refractivity contribution in [2.45, 2.75) is 20.0 Å². The second kappa shape index (κ2) is 11.1. The summed E-state index contributed by atoms with van der Waals surface area (Å²) < 4.78 is 0. The topological polar surface area (TPSA) is 52.6 Å². The van der Waals surface area contributed by atoms with Crippen molar-refractivity contribution in [1.82, 2.24) is 15.6 Å². The molecule has 0 aliphatic rings. The number of hydrogen-bond donors (Lipinski definition) is 2. The quantitative estimate of drug-likeness (QED) is 0.382. The van der Waals surface area contributed by atoms with Gasteiger partial charge in [0, 0.05) is 25.7 Å². The summed E-state index contributed by atoms with van der Waals surface area (Å²) >= 11 is 6.18. The van der Waals surface area contributed by atoms with E-state index in [0.29, 0.717) is 13.1 Å². The van der Waals surface area contributed by atoms with E-state index in [2.05, 4.69) is 20.6 Å². The molecule has 2 aromatic rings. The smallest absolute Gasteiger partial charge is 0.191 e. The Kier molecular flexibility index (Phi) is 9.59. The third-order valence-corrected chi connectivity index (χ3v) is 3.77. The van der Waals surface area contributed by atoms with E-state index in [1.165, 1.54) is 0 Å². The van der Waals surface area contributed by atoms with Gasteiger partial charge in [-0.25, -0.2) is 9.98 Å². The van der Waals surface area contributed by atoms with E-state index in [4.69, 9.17) is 11.6 Å². The van der Waals surface area contributed by atoms with Crippen molar-refractivity contribution < 1.29 is 0 Å². The van der Waals surface area contributed by atoms with Gasteiger partial charge in [-0.15, -0.1) is 24.0 Å². The highest BCUT2D eigenvalue weighted by molar-refractivity contribution is 14.0. The van der Waals surface area contributed by atoms with Gasteiger partial charge < -0.3 is 15.5 Å². The summed E-state index contributed by atoms with van der Waals surface area (Å²) in [6.07, 6.45) is 0. The highest BCUT2D eigenvalue weighted by atomic mass is 127. The number of nitrogens with zero attached hydrogens (tertiary/aromatic N) is 3. The first-order valence-electron chi connectivity index (χ1n) is 7.99. The van der Waals surface area contributed by atoms with E-state index in [9.17, 15) is 0 Å². The standard InChI is InChI=1S/C18H24ClN5.HI/c1-4-20-18(21-12-14-8-5-6-10-16(14)19)22-13-15-9-7-11-17(23-15)24(2)3;/h5-11H,4,12-13H2,1-3H3,(H2,20,21,22);1H.